The third-order valence-corrected chi connectivity index (χ3v) is 2.10. The summed E-state index contributed by atoms with van der Waals surface area (Å²) >= 11 is 0. The van der Waals surface area contributed by atoms with Crippen LogP contribution in [0.5, 0.6) is 0 Å². The lowest BCUT2D eigenvalue weighted by atomic mass is 9.93. The molecule has 0 amide bonds. The molecule has 0 aliphatic heterocycles. The molecule has 2 atom stereocenters. The van der Waals surface area contributed by atoms with Gasteiger partial charge in [0.05, 0.1) is 6.42 Å². The van der Waals surface area contributed by atoms with Gasteiger partial charge >= 0.3 is 0 Å². The number of aliphatic hydroxyl groups excluding tert-OH is 1. The molecule has 1 aliphatic rings. The summed E-state index contributed by atoms with van der Waals surface area (Å²) in [6.45, 7) is 0. The zero-order valence-corrected chi connectivity index (χ0v) is 6.71. The van der Waals surface area contributed by atoms with Crippen LogP contribution in [0.1, 0.15) is 19.3 Å². The highest BCUT2D eigenvalue weighted by Gasteiger charge is 2.22. The highest BCUT2D eigenvalue weighted by atomic mass is 16.6. The van der Waals surface area contributed by atoms with Crippen LogP contribution in [0.25, 0.3) is 0 Å². The van der Waals surface area contributed by atoms with Crippen LogP contribution in [0.4, 0.5) is 0 Å². The van der Waals surface area contributed by atoms with Crippen LogP contribution in [-0.2, 0) is 4.74 Å². The molecule has 0 heterocycles. The lowest BCUT2D eigenvalue weighted by Crippen LogP contribution is -2.23. The van der Waals surface area contributed by atoms with Crippen LogP contribution in [0.3, 0.4) is 0 Å². The Morgan fingerprint density at radius 1 is 1.82 bits per heavy atom. The number of rotatable bonds is 2. The molecular formula is C8H15O3+. The Bertz CT molecular complexity index is 153. The van der Waals surface area contributed by atoms with Gasteiger partial charge in [0, 0.05) is 19.1 Å². The minimum absolute atomic E-state index is 0.189. The first-order valence-electron chi connectivity index (χ1n) is 3.85. The topological polar surface area (TPSA) is 52.4 Å². The summed E-state index contributed by atoms with van der Waals surface area (Å²) in [6, 6.07) is 0. The standard InChI is InChI=1S/C8H14O3/c1-11-8(10)6-2-4-7(9)5-3-6/h4,6,8-10H,2-3,5H2,1H3/p+1. The van der Waals surface area contributed by atoms with Gasteiger partial charge in [0.1, 0.15) is 0 Å². The summed E-state index contributed by atoms with van der Waals surface area (Å²) in [5, 5.41) is 16.6. The molecular weight excluding hydrogens is 144 g/mol. The van der Waals surface area contributed by atoms with Gasteiger partial charge < -0.3 is 14.9 Å². The Kier molecular flexibility index (Phi) is 2.91. The Morgan fingerprint density at radius 3 is 3.00 bits per heavy atom. The highest BCUT2D eigenvalue weighted by molar-refractivity contribution is 4.97. The smallest absolute Gasteiger partial charge is 0.224 e. The maximum atomic E-state index is 9.26. The molecule has 1 aliphatic carbocycles. The van der Waals surface area contributed by atoms with Gasteiger partial charge in [0.25, 0.3) is 0 Å². The van der Waals surface area contributed by atoms with Gasteiger partial charge in [-0.15, -0.1) is 0 Å². The maximum Gasteiger partial charge on any atom is 0.224 e. The van der Waals surface area contributed by atoms with Gasteiger partial charge in [-0.3, -0.25) is 0 Å². The molecule has 0 bridgehead atoms. The summed E-state index contributed by atoms with van der Waals surface area (Å²) in [4.78, 5) is 0. The second-order valence-corrected chi connectivity index (χ2v) is 2.89. The Hall–Kier alpha value is -0.540. The van der Waals surface area contributed by atoms with Crippen molar-refractivity contribution in [3.05, 3.63) is 11.8 Å². The van der Waals surface area contributed by atoms with Crippen molar-refractivity contribution in [1.29, 1.82) is 0 Å². The summed E-state index contributed by atoms with van der Waals surface area (Å²) in [5.41, 5.74) is 0. The Balaban J connectivity index is 2.40. The van der Waals surface area contributed by atoms with Crippen molar-refractivity contribution in [2.24, 2.45) is 5.92 Å². The molecule has 0 aromatic heterocycles. The van der Waals surface area contributed by atoms with E-state index < -0.39 is 6.29 Å². The normalized spacial score (nSPS) is 27.8. The molecule has 0 spiro atoms. The van der Waals surface area contributed by atoms with Crippen molar-refractivity contribution >= 4 is 0 Å². The van der Waals surface area contributed by atoms with Crippen molar-refractivity contribution in [3.8, 4) is 0 Å². The van der Waals surface area contributed by atoms with Crippen LogP contribution in [-0.4, -0.2) is 23.6 Å². The predicted octanol–water partition coefficient (Wildman–Crippen LogP) is 0.360. The van der Waals surface area contributed by atoms with Crippen molar-refractivity contribution in [2.45, 2.75) is 25.6 Å². The van der Waals surface area contributed by atoms with Crippen LogP contribution >= 0.6 is 0 Å². The first-order chi connectivity index (χ1) is 5.24. The quantitative estimate of drug-likeness (QED) is 0.467. The molecule has 0 saturated heterocycles. The lowest BCUT2D eigenvalue weighted by Gasteiger charge is -2.21. The molecule has 0 aromatic rings. The molecule has 2 unspecified atom stereocenters. The van der Waals surface area contributed by atoms with Gasteiger partial charge in [-0.25, -0.2) is 0 Å². The van der Waals surface area contributed by atoms with Crippen molar-refractivity contribution in [1.82, 2.24) is 0 Å². The molecule has 11 heavy (non-hydrogen) atoms. The molecule has 0 radical (unpaired) electrons. The van der Waals surface area contributed by atoms with E-state index in [9.17, 15) is 5.11 Å². The number of ether oxygens (including phenoxy) is 1. The fourth-order valence-electron chi connectivity index (χ4n) is 1.31. The molecule has 3 heteroatoms. The summed E-state index contributed by atoms with van der Waals surface area (Å²) < 4.78 is 4.79. The first kappa shape index (κ1) is 8.56. The van der Waals surface area contributed by atoms with E-state index >= 15 is 0 Å². The van der Waals surface area contributed by atoms with Gasteiger partial charge in [-0.2, -0.15) is 0 Å². The summed E-state index contributed by atoms with van der Waals surface area (Å²) in [5.74, 6) is 0.874. The van der Waals surface area contributed by atoms with Gasteiger partial charge in [-0.05, 0) is 12.8 Å². The van der Waals surface area contributed by atoms with Crippen LogP contribution in [0.2, 0.25) is 0 Å². The SMILES string of the molecule is COC(O)C1CC=C([OH2+])CC1. The number of methoxy groups -OCH3 is 1. The number of allylic oxidation sites excluding steroid dienone is 2. The third-order valence-electron chi connectivity index (χ3n) is 2.10. The van der Waals surface area contributed by atoms with E-state index in [1.165, 1.54) is 7.11 Å². The highest BCUT2D eigenvalue weighted by Crippen LogP contribution is 2.24. The minimum Gasteiger partial charge on any atom is -0.597 e. The van der Waals surface area contributed by atoms with Crippen LogP contribution < -0.4 is 0 Å². The van der Waals surface area contributed by atoms with Gasteiger partial charge in [-0.1, -0.05) is 0 Å². The van der Waals surface area contributed by atoms with E-state index in [-0.39, 0.29) is 5.92 Å². The van der Waals surface area contributed by atoms with Crippen molar-refractivity contribution in [3.63, 3.8) is 0 Å². The third kappa shape index (κ3) is 2.20. The van der Waals surface area contributed by atoms with E-state index in [1.807, 2.05) is 6.08 Å². The molecule has 0 saturated carbocycles. The second kappa shape index (κ2) is 3.74. The van der Waals surface area contributed by atoms with E-state index in [0.717, 1.165) is 19.3 Å². The summed E-state index contributed by atoms with van der Waals surface area (Å²) in [7, 11) is 1.50. The zero-order chi connectivity index (χ0) is 8.27. The molecule has 3 N–H and O–H groups in total. The zero-order valence-electron chi connectivity index (χ0n) is 6.71. The maximum absolute atomic E-state index is 9.26. The van der Waals surface area contributed by atoms with Gasteiger partial charge in [0.2, 0.25) is 5.76 Å². The fourth-order valence-corrected chi connectivity index (χ4v) is 1.31. The molecule has 0 fully saturated rings. The number of hydrogen-bond donors (Lipinski definition) is 1. The Morgan fingerprint density at radius 2 is 2.55 bits per heavy atom. The average molecular weight is 159 g/mol. The van der Waals surface area contributed by atoms with E-state index in [0.29, 0.717) is 5.76 Å². The first-order valence-corrected chi connectivity index (χ1v) is 3.85. The van der Waals surface area contributed by atoms with E-state index in [2.05, 4.69) is 0 Å². The largest absolute Gasteiger partial charge is 0.597 e. The predicted molar refractivity (Wildman–Crippen MR) is 42.1 cm³/mol. The molecule has 1 rings (SSSR count). The second-order valence-electron chi connectivity index (χ2n) is 2.89. The Labute approximate surface area is 66.3 Å². The molecule has 3 nitrogen and oxygen atoms in total. The average Bonchev–Trinajstić information content (AvgIpc) is 2.05. The fraction of sp³-hybridized carbons (Fsp3) is 0.750. The van der Waals surface area contributed by atoms with E-state index in [1.54, 1.807) is 0 Å². The number of hydrogen-bond acceptors (Lipinski definition) is 2. The minimum atomic E-state index is -0.653. The molecule has 64 valence electrons. The number of aliphatic hydroxyl groups is 1. The lowest BCUT2D eigenvalue weighted by molar-refractivity contribution is -0.115. The molecule has 0 aromatic carbocycles. The van der Waals surface area contributed by atoms with Gasteiger partial charge in [0.15, 0.2) is 6.29 Å². The van der Waals surface area contributed by atoms with Crippen molar-refractivity contribution < 1.29 is 14.9 Å². The van der Waals surface area contributed by atoms with Crippen molar-refractivity contribution in [2.75, 3.05) is 7.11 Å². The van der Waals surface area contributed by atoms with E-state index in [4.69, 9.17) is 9.84 Å². The monoisotopic (exact) mass is 159 g/mol. The van der Waals surface area contributed by atoms with Crippen LogP contribution in [0, 0.1) is 5.92 Å². The summed E-state index contributed by atoms with van der Waals surface area (Å²) in [6.07, 6.45) is 3.61. The van der Waals surface area contributed by atoms with Crippen LogP contribution in [0.15, 0.2) is 11.8 Å².